The van der Waals surface area contributed by atoms with E-state index in [0.717, 1.165) is 5.56 Å². The van der Waals surface area contributed by atoms with Crippen LogP contribution in [0.25, 0.3) is 0 Å². The number of hydrogen-bond acceptors (Lipinski definition) is 3. The van der Waals surface area contributed by atoms with Gasteiger partial charge in [-0.15, -0.1) is 0 Å². The fourth-order valence-electron chi connectivity index (χ4n) is 2.57. The first-order valence-corrected chi connectivity index (χ1v) is 6.69. The number of nitrogens with zero attached hydrogens (tertiary/aromatic N) is 1. The van der Waals surface area contributed by atoms with Crippen molar-refractivity contribution in [3.05, 3.63) is 34.9 Å². The van der Waals surface area contributed by atoms with Crippen molar-refractivity contribution in [3.63, 3.8) is 0 Å². The van der Waals surface area contributed by atoms with Gasteiger partial charge >= 0.3 is 5.97 Å². The van der Waals surface area contributed by atoms with Crippen molar-refractivity contribution >= 4 is 23.5 Å². The minimum absolute atomic E-state index is 0.0101. The van der Waals surface area contributed by atoms with Gasteiger partial charge in [-0.25, -0.2) is 0 Å². The van der Waals surface area contributed by atoms with Crippen LogP contribution in [0.1, 0.15) is 18.0 Å². The summed E-state index contributed by atoms with van der Waals surface area (Å²) in [6.45, 7) is 0.742. The lowest BCUT2D eigenvalue weighted by Crippen LogP contribution is -2.33. The SMILES string of the molecule is COCCN1C(=O)C[C@@H](C(=O)O)[C@H]1c1cccc(Cl)c1. The number of halogens is 1. The van der Waals surface area contributed by atoms with E-state index in [1.807, 2.05) is 0 Å². The standard InChI is InChI=1S/C14H16ClNO4/c1-20-6-5-16-12(17)8-11(14(18)19)13(16)9-3-2-4-10(15)7-9/h2-4,7,11,13H,5-6,8H2,1H3,(H,18,19)/t11-,13-/m1/s1. The molecule has 1 amide bonds. The second-order valence-electron chi connectivity index (χ2n) is 4.73. The number of rotatable bonds is 5. The molecular formula is C14H16ClNO4. The van der Waals surface area contributed by atoms with Crippen molar-refractivity contribution in [1.29, 1.82) is 0 Å². The normalized spacial score (nSPS) is 22.3. The molecule has 108 valence electrons. The summed E-state index contributed by atoms with van der Waals surface area (Å²) in [4.78, 5) is 25.0. The highest BCUT2D eigenvalue weighted by Gasteiger charge is 2.44. The second-order valence-corrected chi connectivity index (χ2v) is 5.17. The first kappa shape index (κ1) is 14.8. The summed E-state index contributed by atoms with van der Waals surface area (Å²) in [5, 5.41) is 9.86. The highest BCUT2D eigenvalue weighted by Crippen LogP contribution is 2.38. The van der Waals surface area contributed by atoms with Gasteiger partial charge in [0.2, 0.25) is 5.91 Å². The van der Waals surface area contributed by atoms with Crippen LogP contribution in [-0.4, -0.2) is 42.1 Å². The molecule has 0 saturated carbocycles. The van der Waals surface area contributed by atoms with E-state index < -0.39 is 17.9 Å². The second kappa shape index (κ2) is 6.24. The molecule has 0 radical (unpaired) electrons. The fraction of sp³-hybridized carbons (Fsp3) is 0.429. The lowest BCUT2D eigenvalue weighted by Gasteiger charge is -2.27. The third-order valence-corrected chi connectivity index (χ3v) is 3.71. The molecule has 1 N–H and O–H groups in total. The van der Waals surface area contributed by atoms with Gasteiger partial charge in [0.05, 0.1) is 18.6 Å². The van der Waals surface area contributed by atoms with Crippen LogP contribution in [0, 0.1) is 5.92 Å². The third kappa shape index (κ3) is 2.94. The molecule has 1 aromatic rings. The number of amides is 1. The van der Waals surface area contributed by atoms with E-state index >= 15 is 0 Å². The molecule has 1 aromatic carbocycles. The van der Waals surface area contributed by atoms with Crippen molar-refractivity contribution in [3.8, 4) is 0 Å². The molecule has 1 fully saturated rings. The molecule has 1 aliphatic heterocycles. The average Bonchev–Trinajstić information content (AvgIpc) is 2.73. The Bertz CT molecular complexity index is 520. The van der Waals surface area contributed by atoms with E-state index in [2.05, 4.69) is 0 Å². The Kier molecular flexibility index (Phi) is 4.62. The van der Waals surface area contributed by atoms with Gasteiger partial charge in [0.1, 0.15) is 0 Å². The van der Waals surface area contributed by atoms with Crippen LogP contribution in [0.5, 0.6) is 0 Å². The number of hydrogen-bond donors (Lipinski definition) is 1. The summed E-state index contributed by atoms with van der Waals surface area (Å²) in [7, 11) is 1.55. The van der Waals surface area contributed by atoms with Crippen LogP contribution in [0.4, 0.5) is 0 Å². The Morgan fingerprint density at radius 2 is 2.30 bits per heavy atom. The maximum absolute atomic E-state index is 12.0. The Morgan fingerprint density at radius 1 is 1.55 bits per heavy atom. The average molecular weight is 298 g/mol. The topological polar surface area (TPSA) is 66.8 Å². The van der Waals surface area contributed by atoms with E-state index in [4.69, 9.17) is 16.3 Å². The van der Waals surface area contributed by atoms with E-state index in [9.17, 15) is 14.7 Å². The maximum Gasteiger partial charge on any atom is 0.309 e. The van der Waals surface area contributed by atoms with Crippen LogP contribution in [0.15, 0.2) is 24.3 Å². The summed E-state index contributed by atoms with van der Waals surface area (Å²) in [6, 6.07) is 6.49. The number of carbonyl (C=O) groups is 2. The summed E-state index contributed by atoms with van der Waals surface area (Å²) in [5.74, 6) is -1.89. The van der Waals surface area contributed by atoms with Crippen molar-refractivity contribution in [2.75, 3.05) is 20.3 Å². The molecule has 1 saturated heterocycles. The van der Waals surface area contributed by atoms with E-state index in [1.165, 1.54) is 0 Å². The number of ether oxygens (including phenoxy) is 1. The molecule has 2 rings (SSSR count). The van der Waals surface area contributed by atoms with Gasteiger partial charge in [0.15, 0.2) is 0 Å². The van der Waals surface area contributed by atoms with Gasteiger partial charge in [-0.2, -0.15) is 0 Å². The number of methoxy groups -OCH3 is 1. The Hall–Kier alpha value is -1.59. The Balaban J connectivity index is 2.35. The monoisotopic (exact) mass is 297 g/mol. The smallest absolute Gasteiger partial charge is 0.309 e. The lowest BCUT2D eigenvalue weighted by atomic mass is 9.94. The highest BCUT2D eigenvalue weighted by molar-refractivity contribution is 6.30. The lowest BCUT2D eigenvalue weighted by molar-refractivity contribution is -0.142. The molecule has 1 aliphatic rings. The van der Waals surface area contributed by atoms with Crippen molar-refractivity contribution in [1.82, 2.24) is 4.90 Å². The van der Waals surface area contributed by atoms with E-state index in [0.29, 0.717) is 18.2 Å². The number of aliphatic carboxylic acids is 1. The predicted octanol–water partition coefficient (Wildman–Crippen LogP) is 1.96. The summed E-state index contributed by atoms with van der Waals surface area (Å²) in [5.41, 5.74) is 0.742. The minimum atomic E-state index is -0.969. The maximum atomic E-state index is 12.0. The zero-order chi connectivity index (χ0) is 14.7. The van der Waals surface area contributed by atoms with Gasteiger partial charge in [-0.1, -0.05) is 23.7 Å². The molecule has 0 unspecified atom stereocenters. The highest BCUT2D eigenvalue weighted by atomic mass is 35.5. The van der Waals surface area contributed by atoms with Gasteiger partial charge in [0.25, 0.3) is 0 Å². The van der Waals surface area contributed by atoms with E-state index in [1.54, 1.807) is 36.3 Å². The summed E-state index contributed by atoms with van der Waals surface area (Å²) in [6.07, 6.45) is 0.0101. The number of carboxylic acid groups (broad SMARTS) is 1. The number of carboxylic acids is 1. The zero-order valence-corrected chi connectivity index (χ0v) is 11.8. The molecule has 0 aliphatic carbocycles. The largest absolute Gasteiger partial charge is 0.481 e. The first-order chi connectivity index (χ1) is 9.54. The van der Waals surface area contributed by atoms with Gasteiger partial charge < -0.3 is 14.7 Å². The predicted molar refractivity (Wildman–Crippen MR) is 73.5 cm³/mol. The van der Waals surface area contributed by atoms with Gasteiger partial charge in [-0.05, 0) is 17.7 Å². The first-order valence-electron chi connectivity index (χ1n) is 6.31. The van der Waals surface area contributed by atoms with Crippen molar-refractivity contribution in [2.45, 2.75) is 12.5 Å². The quantitative estimate of drug-likeness (QED) is 0.902. The molecule has 6 heteroatoms. The van der Waals surface area contributed by atoms with Gasteiger partial charge in [-0.3, -0.25) is 9.59 Å². The fourth-order valence-corrected chi connectivity index (χ4v) is 2.77. The number of carbonyl (C=O) groups excluding carboxylic acids is 1. The van der Waals surface area contributed by atoms with Gasteiger partial charge in [0, 0.05) is 25.1 Å². The number of likely N-dealkylation sites (tertiary alicyclic amines) is 1. The number of benzene rings is 1. The van der Waals surface area contributed by atoms with Crippen LogP contribution in [-0.2, 0) is 14.3 Å². The molecular weight excluding hydrogens is 282 g/mol. The molecule has 20 heavy (non-hydrogen) atoms. The summed E-state index contributed by atoms with van der Waals surface area (Å²) < 4.78 is 4.99. The van der Waals surface area contributed by atoms with Crippen LogP contribution < -0.4 is 0 Å². The molecule has 0 bridgehead atoms. The molecule has 0 aromatic heterocycles. The van der Waals surface area contributed by atoms with Crippen LogP contribution >= 0.6 is 11.6 Å². The van der Waals surface area contributed by atoms with E-state index in [-0.39, 0.29) is 12.3 Å². The molecule has 2 atom stereocenters. The third-order valence-electron chi connectivity index (χ3n) is 3.48. The summed E-state index contributed by atoms with van der Waals surface area (Å²) >= 11 is 5.96. The molecule has 0 spiro atoms. The van der Waals surface area contributed by atoms with Crippen molar-refractivity contribution in [2.24, 2.45) is 5.92 Å². The Labute approximate surface area is 122 Å². The molecule has 1 heterocycles. The van der Waals surface area contributed by atoms with Crippen LogP contribution in [0.3, 0.4) is 0 Å². The minimum Gasteiger partial charge on any atom is -0.481 e. The molecule has 5 nitrogen and oxygen atoms in total. The zero-order valence-electron chi connectivity index (χ0n) is 11.1. The van der Waals surface area contributed by atoms with Crippen LogP contribution in [0.2, 0.25) is 5.02 Å². The van der Waals surface area contributed by atoms with Crippen molar-refractivity contribution < 1.29 is 19.4 Å². The Morgan fingerprint density at radius 3 is 2.90 bits per heavy atom.